The van der Waals surface area contributed by atoms with Crippen LogP contribution in [0.15, 0.2) is 12.4 Å². The van der Waals surface area contributed by atoms with Gasteiger partial charge in [0.1, 0.15) is 6.17 Å². The molecule has 0 bridgehead atoms. The fraction of sp³-hybridized carbons (Fsp3) is 0.941. The van der Waals surface area contributed by atoms with E-state index in [-0.39, 0.29) is 0 Å². The van der Waals surface area contributed by atoms with Gasteiger partial charge in [-0.2, -0.15) is 0 Å². The third-order valence-electron chi connectivity index (χ3n) is 8.32. The molecule has 0 saturated carbocycles. The van der Waals surface area contributed by atoms with Gasteiger partial charge < -0.3 is 9.80 Å². The third-order valence-corrected chi connectivity index (χ3v) is 8.32. The van der Waals surface area contributed by atoms with Gasteiger partial charge in [0.2, 0.25) is 0 Å². The number of unbranched alkanes of at least 4 members (excludes halogenated alkanes) is 22. The Bertz CT molecular complexity index is 428. The quantitative estimate of drug-likeness (QED) is 0.0977. The van der Waals surface area contributed by atoms with E-state index in [0.717, 1.165) is 0 Å². The zero-order valence-electron chi connectivity index (χ0n) is 25.4. The first-order valence-corrected chi connectivity index (χ1v) is 17.0. The van der Waals surface area contributed by atoms with Gasteiger partial charge in [0.25, 0.3) is 0 Å². The second-order valence-corrected chi connectivity index (χ2v) is 11.8. The van der Waals surface area contributed by atoms with Crippen molar-refractivity contribution in [2.45, 2.75) is 194 Å². The first-order chi connectivity index (χ1) is 17.8. The van der Waals surface area contributed by atoms with Gasteiger partial charge in [-0.25, -0.2) is 0 Å². The highest BCUT2D eigenvalue weighted by atomic mass is 15.4. The van der Waals surface area contributed by atoms with Crippen molar-refractivity contribution in [1.29, 1.82) is 0 Å². The molecule has 2 nitrogen and oxygen atoms in total. The lowest BCUT2D eigenvalue weighted by atomic mass is 10.1. The predicted molar refractivity (Wildman–Crippen MR) is 163 cm³/mol. The zero-order valence-corrected chi connectivity index (χ0v) is 25.4. The maximum atomic E-state index is 2.70. The molecule has 1 heterocycles. The molecule has 0 radical (unpaired) electrons. The summed E-state index contributed by atoms with van der Waals surface area (Å²) in [5, 5.41) is 0. The second-order valence-electron chi connectivity index (χ2n) is 11.8. The summed E-state index contributed by atoms with van der Waals surface area (Å²) in [6.45, 7) is 9.47. The average Bonchev–Trinajstić information content (AvgIpc) is 3.27. The highest BCUT2D eigenvalue weighted by Gasteiger charge is 2.24. The van der Waals surface area contributed by atoms with Crippen LogP contribution in [0.5, 0.6) is 0 Å². The van der Waals surface area contributed by atoms with Gasteiger partial charge in [-0.3, -0.25) is 0 Å². The summed E-state index contributed by atoms with van der Waals surface area (Å²) >= 11 is 0. The minimum Gasteiger partial charge on any atom is -0.356 e. The molecule has 0 amide bonds. The summed E-state index contributed by atoms with van der Waals surface area (Å²) in [7, 11) is 0. The lowest BCUT2D eigenvalue weighted by Crippen LogP contribution is -2.39. The normalized spacial score (nSPS) is 14.0. The SMILES string of the molecule is CCCCCCCCCCCN1C=CN(CCCCCCCCCCC)C1CCCCCCCCC. The predicted octanol–water partition coefficient (Wildman–Crippen LogP) is 11.6. The van der Waals surface area contributed by atoms with Gasteiger partial charge in [-0.1, -0.05) is 162 Å². The van der Waals surface area contributed by atoms with E-state index >= 15 is 0 Å². The molecule has 2 heteroatoms. The fourth-order valence-corrected chi connectivity index (χ4v) is 5.83. The van der Waals surface area contributed by atoms with Crippen molar-refractivity contribution in [2.75, 3.05) is 13.1 Å². The highest BCUT2D eigenvalue weighted by Crippen LogP contribution is 2.24. The minimum absolute atomic E-state index is 0.642. The molecule has 0 aromatic carbocycles. The van der Waals surface area contributed by atoms with Gasteiger partial charge >= 0.3 is 0 Å². The molecule has 0 unspecified atom stereocenters. The van der Waals surface area contributed by atoms with Crippen LogP contribution in [0.3, 0.4) is 0 Å². The molecule has 0 saturated heterocycles. The molecule has 0 aromatic rings. The van der Waals surface area contributed by atoms with Gasteiger partial charge in [0, 0.05) is 25.5 Å². The van der Waals surface area contributed by atoms with E-state index in [1.807, 2.05) is 0 Å². The molecule has 0 spiro atoms. The molecule has 36 heavy (non-hydrogen) atoms. The summed E-state index contributed by atoms with van der Waals surface area (Å²) in [5.74, 6) is 0. The molecule has 1 rings (SSSR count). The Morgan fingerprint density at radius 2 is 0.639 bits per heavy atom. The van der Waals surface area contributed by atoms with E-state index in [1.165, 1.54) is 180 Å². The minimum atomic E-state index is 0.642. The van der Waals surface area contributed by atoms with E-state index in [4.69, 9.17) is 0 Å². The number of nitrogens with zero attached hydrogens (tertiary/aromatic N) is 2. The molecular weight excluding hydrogens is 436 g/mol. The highest BCUT2D eigenvalue weighted by molar-refractivity contribution is 4.97. The lowest BCUT2D eigenvalue weighted by molar-refractivity contribution is 0.135. The molecular formula is C34H68N2. The Labute approximate surface area is 229 Å². The second kappa shape index (κ2) is 26.0. The summed E-state index contributed by atoms with van der Waals surface area (Å²) in [4.78, 5) is 5.40. The van der Waals surface area contributed by atoms with Crippen LogP contribution in [0.1, 0.15) is 188 Å². The number of hydrogen-bond donors (Lipinski definition) is 0. The smallest absolute Gasteiger partial charge is 0.101 e. The molecule has 1 aliphatic rings. The van der Waals surface area contributed by atoms with Crippen LogP contribution < -0.4 is 0 Å². The van der Waals surface area contributed by atoms with Crippen molar-refractivity contribution in [1.82, 2.24) is 9.80 Å². The topological polar surface area (TPSA) is 6.48 Å². The maximum Gasteiger partial charge on any atom is 0.101 e. The first-order valence-electron chi connectivity index (χ1n) is 17.0. The van der Waals surface area contributed by atoms with Gasteiger partial charge in [-0.15, -0.1) is 0 Å². The number of hydrogen-bond acceptors (Lipinski definition) is 2. The van der Waals surface area contributed by atoms with E-state index in [0.29, 0.717) is 6.17 Å². The molecule has 0 fully saturated rings. The van der Waals surface area contributed by atoms with Crippen LogP contribution in [0.2, 0.25) is 0 Å². The summed E-state index contributed by atoms with van der Waals surface area (Å²) < 4.78 is 0. The summed E-state index contributed by atoms with van der Waals surface area (Å²) in [6.07, 6.45) is 42.5. The van der Waals surface area contributed by atoms with E-state index in [1.54, 1.807) is 0 Å². The van der Waals surface area contributed by atoms with Gasteiger partial charge in [-0.05, 0) is 25.7 Å². The molecule has 0 atom stereocenters. The molecule has 0 aliphatic carbocycles. The zero-order chi connectivity index (χ0) is 25.9. The molecule has 0 N–H and O–H groups in total. The van der Waals surface area contributed by atoms with Gasteiger partial charge in [0.15, 0.2) is 0 Å². The van der Waals surface area contributed by atoms with Crippen LogP contribution in [-0.4, -0.2) is 29.1 Å². The largest absolute Gasteiger partial charge is 0.356 e. The summed E-state index contributed by atoms with van der Waals surface area (Å²) in [5.41, 5.74) is 0. The number of rotatable bonds is 28. The van der Waals surface area contributed by atoms with Crippen molar-refractivity contribution < 1.29 is 0 Å². The maximum absolute atomic E-state index is 2.70. The van der Waals surface area contributed by atoms with Crippen molar-refractivity contribution >= 4 is 0 Å². The average molecular weight is 505 g/mol. The van der Waals surface area contributed by atoms with Crippen molar-refractivity contribution in [3.8, 4) is 0 Å². The van der Waals surface area contributed by atoms with Gasteiger partial charge in [0.05, 0.1) is 0 Å². The Morgan fingerprint density at radius 3 is 0.972 bits per heavy atom. The van der Waals surface area contributed by atoms with Crippen molar-refractivity contribution in [2.24, 2.45) is 0 Å². The molecule has 214 valence electrons. The van der Waals surface area contributed by atoms with Crippen LogP contribution in [0, 0.1) is 0 Å². The monoisotopic (exact) mass is 505 g/mol. The van der Waals surface area contributed by atoms with Crippen LogP contribution in [0.25, 0.3) is 0 Å². The van der Waals surface area contributed by atoms with Crippen molar-refractivity contribution in [3.63, 3.8) is 0 Å². The third kappa shape index (κ3) is 18.6. The summed E-state index contributed by atoms with van der Waals surface area (Å²) in [6, 6.07) is 0. The Kier molecular flexibility index (Phi) is 24.1. The van der Waals surface area contributed by atoms with Crippen LogP contribution in [-0.2, 0) is 0 Å². The fourth-order valence-electron chi connectivity index (χ4n) is 5.83. The molecule has 0 aromatic heterocycles. The Balaban J connectivity index is 2.25. The first kappa shape index (κ1) is 33.4. The Morgan fingerprint density at radius 1 is 0.361 bits per heavy atom. The standard InChI is InChI=1S/C34H68N2/c1-4-7-10-13-16-18-21-24-27-30-35-32-33-36(31-28-25-22-19-17-14-11-8-5-2)34(35)29-26-23-20-15-12-9-6-3/h32-34H,4-31H2,1-3H3. The van der Waals surface area contributed by atoms with Crippen LogP contribution >= 0.6 is 0 Å². The van der Waals surface area contributed by atoms with E-state index < -0.39 is 0 Å². The van der Waals surface area contributed by atoms with E-state index in [9.17, 15) is 0 Å². The lowest BCUT2D eigenvalue weighted by Gasteiger charge is -2.33. The Hall–Kier alpha value is -0.660. The van der Waals surface area contributed by atoms with Crippen LogP contribution in [0.4, 0.5) is 0 Å². The van der Waals surface area contributed by atoms with Crippen molar-refractivity contribution in [3.05, 3.63) is 12.4 Å². The molecule has 1 aliphatic heterocycles. The van der Waals surface area contributed by atoms with E-state index in [2.05, 4.69) is 43.0 Å².